The number of hydrazine groups is 1. The largest absolute Gasteiger partial charge is 0.337 e. The van der Waals surface area contributed by atoms with Crippen LogP contribution in [-0.2, 0) is 32.6 Å². The number of piperidine rings is 1. The summed E-state index contributed by atoms with van der Waals surface area (Å²) >= 11 is 1.19. The molecule has 0 spiro atoms. The van der Waals surface area contributed by atoms with Crippen LogP contribution in [0.1, 0.15) is 64.8 Å². The number of carbonyl (C=O) groups is 4. The van der Waals surface area contributed by atoms with Crippen LogP contribution in [0.5, 0.6) is 0 Å². The smallest absolute Gasteiger partial charge is 0.272 e. The summed E-state index contributed by atoms with van der Waals surface area (Å²) in [4.78, 5) is 51.8. The Balaban J connectivity index is 1.56. The van der Waals surface area contributed by atoms with Gasteiger partial charge in [0.1, 0.15) is 5.00 Å². The number of sulfonamides is 1. The maximum atomic E-state index is 13.1. The SMILES string of the molecule is CC(=O)NNC(=O)c1c(NC(=O)c2ccc(S(=O)(=O)N3CCC(C)CC3)cc2)sc2c1CCN(C(C)=O)C2. The fraction of sp³-hybridized carbons (Fsp3) is 0.440. The Morgan fingerprint density at radius 3 is 2.21 bits per heavy atom. The van der Waals surface area contributed by atoms with Crippen molar-refractivity contribution in [2.45, 2.75) is 51.5 Å². The summed E-state index contributed by atoms with van der Waals surface area (Å²) in [6.07, 6.45) is 2.05. The molecule has 2 aromatic rings. The highest BCUT2D eigenvalue weighted by Crippen LogP contribution is 2.37. The maximum Gasteiger partial charge on any atom is 0.272 e. The van der Waals surface area contributed by atoms with Crippen LogP contribution in [-0.4, -0.2) is 60.9 Å². The topological polar surface area (TPSA) is 145 Å². The van der Waals surface area contributed by atoms with Gasteiger partial charge >= 0.3 is 0 Å². The van der Waals surface area contributed by atoms with Gasteiger partial charge in [-0.3, -0.25) is 30.0 Å². The Hall–Kier alpha value is -3.29. The van der Waals surface area contributed by atoms with Crippen LogP contribution in [0.2, 0.25) is 0 Å². The van der Waals surface area contributed by atoms with Crippen molar-refractivity contribution in [1.82, 2.24) is 20.1 Å². The molecule has 3 heterocycles. The second-order valence-electron chi connectivity index (χ2n) is 9.60. The number of thiophene rings is 1. The lowest BCUT2D eigenvalue weighted by Gasteiger charge is -2.29. The van der Waals surface area contributed by atoms with Gasteiger partial charge in [-0.2, -0.15) is 4.31 Å². The zero-order chi connectivity index (χ0) is 27.6. The van der Waals surface area contributed by atoms with Crippen molar-refractivity contribution in [3.8, 4) is 0 Å². The van der Waals surface area contributed by atoms with Crippen LogP contribution >= 0.6 is 11.3 Å². The normalized spacial score (nSPS) is 16.4. The molecular weight excluding hydrogens is 530 g/mol. The highest BCUT2D eigenvalue weighted by atomic mass is 32.2. The van der Waals surface area contributed by atoms with E-state index in [-0.39, 0.29) is 26.9 Å². The van der Waals surface area contributed by atoms with E-state index in [2.05, 4.69) is 23.1 Å². The monoisotopic (exact) mass is 561 g/mol. The van der Waals surface area contributed by atoms with Crippen molar-refractivity contribution in [2.75, 3.05) is 25.0 Å². The molecular formula is C25H31N5O6S2. The molecule has 0 atom stereocenters. The standard InChI is InChI=1S/C25H31N5O6S2/c1-15-8-12-30(13-9-15)38(35,36)19-6-4-18(5-7-19)23(33)26-25-22(24(34)28-27-16(2)31)20-10-11-29(17(3)32)14-21(20)37-25/h4-7,15H,8-14H2,1-3H3,(H,26,33)(H,27,31)(H,28,34). The summed E-state index contributed by atoms with van der Waals surface area (Å²) in [7, 11) is -3.65. The summed E-state index contributed by atoms with van der Waals surface area (Å²) in [6, 6.07) is 5.71. The first-order valence-corrected chi connectivity index (χ1v) is 14.6. The average molecular weight is 562 g/mol. The van der Waals surface area contributed by atoms with E-state index in [9.17, 15) is 27.6 Å². The lowest BCUT2D eigenvalue weighted by molar-refractivity contribution is -0.129. The van der Waals surface area contributed by atoms with E-state index >= 15 is 0 Å². The highest BCUT2D eigenvalue weighted by molar-refractivity contribution is 7.89. The molecule has 2 aliphatic rings. The van der Waals surface area contributed by atoms with E-state index in [1.165, 1.54) is 53.8 Å². The Kier molecular flexibility index (Phi) is 8.19. The molecule has 38 heavy (non-hydrogen) atoms. The zero-order valence-corrected chi connectivity index (χ0v) is 23.1. The fourth-order valence-corrected chi connectivity index (χ4v) is 7.26. The van der Waals surface area contributed by atoms with Crippen LogP contribution in [0.15, 0.2) is 29.2 Å². The first-order valence-electron chi connectivity index (χ1n) is 12.4. The molecule has 2 aliphatic heterocycles. The molecule has 0 saturated carbocycles. The third-order valence-electron chi connectivity index (χ3n) is 6.81. The summed E-state index contributed by atoms with van der Waals surface area (Å²) < 4.78 is 27.5. The molecule has 1 aromatic carbocycles. The average Bonchev–Trinajstić information content (AvgIpc) is 3.24. The van der Waals surface area contributed by atoms with E-state index in [0.717, 1.165) is 17.7 Å². The van der Waals surface area contributed by atoms with E-state index in [1.807, 2.05) is 0 Å². The maximum absolute atomic E-state index is 13.1. The summed E-state index contributed by atoms with van der Waals surface area (Å²) in [5, 5.41) is 3.05. The number of amides is 4. The number of hydrogen-bond acceptors (Lipinski definition) is 7. The van der Waals surface area contributed by atoms with Crippen molar-refractivity contribution in [2.24, 2.45) is 5.92 Å². The lowest BCUT2D eigenvalue weighted by atomic mass is 10.0. The molecule has 1 fully saturated rings. The van der Waals surface area contributed by atoms with Gasteiger partial charge in [-0.15, -0.1) is 11.3 Å². The number of benzene rings is 1. The minimum Gasteiger partial charge on any atom is -0.337 e. The van der Waals surface area contributed by atoms with E-state index < -0.39 is 27.7 Å². The summed E-state index contributed by atoms with van der Waals surface area (Å²) in [6.45, 7) is 6.52. The van der Waals surface area contributed by atoms with Crippen molar-refractivity contribution < 1.29 is 27.6 Å². The third kappa shape index (κ3) is 5.89. The first kappa shape index (κ1) is 27.7. The lowest BCUT2D eigenvalue weighted by Crippen LogP contribution is -2.41. The minimum atomic E-state index is -3.65. The number of carbonyl (C=O) groups excluding carboxylic acids is 4. The molecule has 0 bridgehead atoms. The molecule has 11 nitrogen and oxygen atoms in total. The Morgan fingerprint density at radius 2 is 1.61 bits per heavy atom. The van der Waals surface area contributed by atoms with Gasteiger partial charge in [0.2, 0.25) is 21.8 Å². The van der Waals surface area contributed by atoms with Crippen LogP contribution in [0.3, 0.4) is 0 Å². The number of nitrogens with zero attached hydrogens (tertiary/aromatic N) is 2. The molecule has 3 N–H and O–H groups in total. The second kappa shape index (κ2) is 11.2. The quantitative estimate of drug-likeness (QED) is 0.477. The first-order chi connectivity index (χ1) is 18.0. The van der Waals surface area contributed by atoms with Crippen molar-refractivity contribution in [1.29, 1.82) is 0 Å². The Bertz CT molecular complexity index is 1360. The van der Waals surface area contributed by atoms with Gasteiger partial charge in [-0.25, -0.2) is 8.42 Å². The molecule has 204 valence electrons. The molecule has 1 saturated heterocycles. The number of hydrogen-bond donors (Lipinski definition) is 3. The van der Waals surface area contributed by atoms with Gasteiger partial charge in [0.15, 0.2) is 0 Å². The molecule has 13 heteroatoms. The zero-order valence-electron chi connectivity index (χ0n) is 21.5. The number of rotatable bonds is 5. The Labute approximate surface area is 225 Å². The van der Waals surface area contributed by atoms with Crippen LogP contribution in [0.25, 0.3) is 0 Å². The fourth-order valence-electron chi connectivity index (χ4n) is 4.54. The predicted molar refractivity (Wildman–Crippen MR) is 142 cm³/mol. The molecule has 0 unspecified atom stereocenters. The van der Waals surface area contributed by atoms with Crippen molar-refractivity contribution in [3.63, 3.8) is 0 Å². The molecule has 0 aliphatic carbocycles. The highest BCUT2D eigenvalue weighted by Gasteiger charge is 2.31. The summed E-state index contributed by atoms with van der Waals surface area (Å²) in [5.41, 5.74) is 5.77. The van der Waals surface area contributed by atoms with Gasteiger partial charge in [-0.1, -0.05) is 6.92 Å². The third-order valence-corrected chi connectivity index (χ3v) is 9.85. The second-order valence-corrected chi connectivity index (χ2v) is 12.6. The van der Waals surface area contributed by atoms with Gasteiger partial charge in [0, 0.05) is 43.9 Å². The molecule has 1 aromatic heterocycles. The summed E-state index contributed by atoms with van der Waals surface area (Å²) in [5.74, 6) is -1.15. The Morgan fingerprint density at radius 1 is 0.947 bits per heavy atom. The van der Waals surface area contributed by atoms with Crippen LogP contribution in [0, 0.1) is 5.92 Å². The number of fused-ring (bicyclic) bond motifs is 1. The van der Waals surface area contributed by atoms with Gasteiger partial charge in [0.25, 0.3) is 11.8 Å². The van der Waals surface area contributed by atoms with Crippen molar-refractivity contribution in [3.05, 3.63) is 45.8 Å². The van der Waals surface area contributed by atoms with Gasteiger partial charge in [0.05, 0.1) is 17.0 Å². The molecule has 4 rings (SSSR count). The van der Waals surface area contributed by atoms with E-state index in [0.29, 0.717) is 44.1 Å². The minimum absolute atomic E-state index is 0.0898. The van der Waals surface area contributed by atoms with Gasteiger partial charge in [-0.05, 0) is 55.0 Å². The number of nitrogens with one attached hydrogen (secondary N) is 3. The van der Waals surface area contributed by atoms with Crippen LogP contribution < -0.4 is 16.2 Å². The van der Waals surface area contributed by atoms with E-state index in [1.54, 1.807) is 4.90 Å². The van der Waals surface area contributed by atoms with Crippen LogP contribution in [0.4, 0.5) is 5.00 Å². The van der Waals surface area contributed by atoms with Gasteiger partial charge < -0.3 is 10.2 Å². The van der Waals surface area contributed by atoms with Crippen molar-refractivity contribution >= 4 is 50.0 Å². The predicted octanol–water partition coefficient (Wildman–Crippen LogP) is 2.11. The molecule has 0 radical (unpaired) electrons. The molecule has 4 amide bonds. The van der Waals surface area contributed by atoms with E-state index in [4.69, 9.17) is 0 Å². The number of anilines is 1.